The van der Waals surface area contributed by atoms with Gasteiger partial charge in [0.05, 0.1) is 18.7 Å². The summed E-state index contributed by atoms with van der Waals surface area (Å²) in [5.41, 5.74) is 4.24. The molecule has 0 saturated carbocycles. The number of halogens is 1. The molecule has 10 heteroatoms. The van der Waals surface area contributed by atoms with Crippen molar-refractivity contribution in [3.05, 3.63) is 83.0 Å². The van der Waals surface area contributed by atoms with Crippen LogP contribution in [0.1, 0.15) is 43.6 Å². The van der Waals surface area contributed by atoms with Crippen LogP contribution in [0.15, 0.2) is 77.3 Å². The third-order valence-electron chi connectivity index (χ3n) is 5.97. The highest BCUT2D eigenvalue weighted by Crippen LogP contribution is 2.24. The lowest BCUT2D eigenvalue weighted by Gasteiger charge is -2.13. The number of hydrogen-bond acceptors (Lipinski definition) is 5. The maximum atomic E-state index is 13.2. The van der Waals surface area contributed by atoms with Gasteiger partial charge in [-0.1, -0.05) is 35.7 Å². The Labute approximate surface area is 240 Å². The van der Waals surface area contributed by atoms with Crippen molar-refractivity contribution in [3.63, 3.8) is 0 Å². The van der Waals surface area contributed by atoms with Crippen LogP contribution in [-0.2, 0) is 9.59 Å². The molecule has 208 valence electrons. The molecule has 0 fully saturated rings. The van der Waals surface area contributed by atoms with Gasteiger partial charge in [-0.15, -0.1) is 0 Å². The van der Waals surface area contributed by atoms with E-state index in [1.165, 1.54) is 4.68 Å². The zero-order valence-corrected chi connectivity index (χ0v) is 23.9. The van der Waals surface area contributed by atoms with E-state index in [0.717, 1.165) is 23.7 Å². The quantitative estimate of drug-likeness (QED) is 0.136. The average Bonchev–Trinajstić information content (AvgIpc) is 3.30. The molecule has 0 atom stereocenters. The van der Waals surface area contributed by atoms with Crippen molar-refractivity contribution in [1.82, 2.24) is 4.68 Å². The molecule has 9 nitrogen and oxygen atoms in total. The average molecular weight is 608 g/mol. The number of unbranched alkanes of at least 4 members (excludes halogenated alkanes) is 2. The molecule has 40 heavy (non-hydrogen) atoms. The summed E-state index contributed by atoms with van der Waals surface area (Å²) in [4.78, 5) is 38.9. The summed E-state index contributed by atoms with van der Waals surface area (Å²) in [5, 5.41) is 6.10. The third kappa shape index (κ3) is 7.41. The van der Waals surface area contributed by atoms with Gasteiger partial charge in [-0.3, -0.25) is 19.8 Å². The van der Waals surface area contributed by atoms with Crippen molar-refractivity contribution in [2.24, 2.45) is 0 Å². The van der Waals surface area contributed by atoms with Crippen LogP contribution in [0, 0.1) is 0 Å². The minimum atomic E-state index is -0.935. The Morgan fingerprint density at radius 3 is 2.08 bits per heavy atom. The fraction of sp³-hybridized carbons (Fsp3) is 0.233. The largest absolute Gasteiger partial charge is 0.494 e. The molecule has 0 bridgehead atoms. The SMILES string of the molecule is CCCCCOc1ccc(NC(=O)C(=O)Nn2c(C(=O)Nc3ccc(OCC)cc3)cc3cc(Br)ccc32)cc1. The van der Waals surface area contributed by atoms with Crippen LogP contribution in [0.2, 0.25) is 0 Å². The molecule has 4 aromatic rings. The highest BCUT2D eigenvalue weighted by molar-refractivity contribution is 9.10. The van der Waals surface area contributed by atoms with Gasteiger partial charge >= 0.3 is 11.8 Å². The number of nitrogens with zero attached hydrogens (tertiary/aromatic N) is 1. The minimum absolute atomic E-state index is 0.146. The number of hydrogen-bond donors (Lipinski definition) is 3. The maximum absolute atomic E-state index is 13.2. The zero-order valence-electron chi connectivity index (χ0n) is 22.3. The molecule has 0 spiro atoms. The minimum Gasteiger partial charge on any atom is -0.494 e. The Hall–Kier alpha value is -4.31. The van der Waals surface area contributed by atoms with Crippen LogP contribution in [0.25, 0.3) is 10.9 Å². The van der Waals surface area contributed by atoms with Crippen LogP contribution >= 0.6 is 15.9 Å². The number of ether oxygens (including phenoxy) is 2. The summed E-state index contributed by atoms with van der Waals surface area (Å²) in [7, 11) is 0. The van der Waals surface area contributed by atoms with Gasteiger partial charge in [0, 0.05) is 21.2 Å². The first-order chi connectivity index (χ1) is 19.4. The molecular weight excluding hydrogens is 576 g/mol. The Morgan fingerprint density at radius 1 is 0.775 bits per heavy atom. The van der Waals surface area contributed by atoms with E-state index in [2.05, 4.69) is 38.9 Å². The van der Waals surface area contributed by atoms with Crippen molar-refractivity contribution in [1.29, 1.82) is 0 Å². The first kappa shape index (κ1) is 28.7. The summed E-state index contributed by atoms with van der Waals surface area (Å²) in [6.45, 7) is 5.18. The van der Waals surface area contributed by atoms with Gasteiger partial charge in [0.2, 0.25) is 0 Å². The second-order valence-electron chi connectivity index (χ2n) is 8.95. The molecule has 3 N–H and O–H groups in total. The van der Waals surface area contributed by atoms with E-state index in [1.54, 1.807) is 66.7 Å². The fourth-order valence-electron chi connectivity index (χ4n) is 3.99. The number of anilines is 2. The lowest BCUT2D eigenvalue weighted by atomic mass is 10.2. The van der Waals surface area contributed by atoms with Crippen molar-refractivity contribution < 1.29 is 23.9 Å². The molecule has 1 heterocycles. The molecule has 3 amide bonds. The molecule has 4 rings (SSSR count). The van der Waals surface area contributed by atoms with Crippen LogP contribution in [-0.4, -0.2) is 35.6 Å². The van der Waals surface area contributed by atoms with E-state index >= 15 is 0 Å². The van der Waals surface area contributed by atoms with E-state index < -0.39 is 17.7 Å². The topological polar surface area (TPSA) is 111 Å². The maximum Gasteiger partial charge on any atom is 0.328 e. The van der Waals surface area contributed by atoms with Gasteiger partial charge in [-0.25, -0.2) is 4.68 Å². The van der Waals surface area contributed by atoms with Crippen molar-refractivity contribution >= 4 is 55.9 Å². The van der Waals surface area contributed by atoms with Gasteiger partial charge in [0.25, 0.3) is 5.91 Å². The number of fused-ring (bicyclic) bond motifs is 1. The summed E-state index contributed by atoms with van der Waals surface area (Å²) in [6.07, 6.45) is 3.18. The summed E-state index contributed by atoms with van der Waals surface area (Å²) < 4.78 is 13.2. The Bertz CT molecular complexity index is 1480. The van der Waals surface area contributed by atoms with E-state index in [0.29, 0.717) is 47.0 Å². The van der Waals surface area contributed by atoms with E-state index in [9.17, 15) is 14.4 Å². The molecule has 0 radical (unpaired) electrons. The lowest BCUT2D eigenvalue weighted by molar-refractivity contribution is -0.133. The van der Waals surface area contributed by atoms with Crippen molar-refractivity contribution in [2.45, 2.75) is 33.1 Å². The fourth-order valence-corrected chi connectivity index (χ4v) is 4.37. The van der Waals surface area contributed by atoms with Crippen LogP contribution in [0.4, 0.5) is 11.4 Å². The Balaban J connectivity index is 1.47. The molecule has 0 unspecified atom stereocenters. The van der Waals surface area contributed by atoms with E-state index in [1.807, 2.05) is 13.0 Å². The molecule has 0 saturated heterocycles. The number of aromatic nitrogens is 1. The van der Waals surface area contributed by atoms with Crippen LogP contribution in [0.3, 0.4) is 0 Å². The Kier molecular flexibility index (Phi) is 9.80. The van der Waals surface area contributed by atoms with Crippen LogP contribution in [0.5, 0.6) is 11.5 Å². The molecule has 3 aromatic carbocycles. The second-order valence-corrected chi connectivity index (χ2v) is 9.87. The third-order valence-corrected chi connectivity index (χ3v) is 6.46. The molecule has 0 aliphatic heterocycles. The number of rotatable bonds is 11. The first-order valence-electron chi connectivity index (χ1n) is 13.1. The number of benzene rings is 3. The highest BCUT2D eigenvalue weighted by atomic mass is 79.9. The predicted molar refractivity (Wildman–Crippen MR) is 160 cm³/mol. The lowest BCUT2D eigenvalue weighted by Crippen LogP contribution is -2.36. The standard InChI is InChI=1S/C30H31BrN4O5/c1-3-5-6-17-40-25-14-10-23(11-15-25)33-29(37)30(38)34-35-26-16-7-21(31)18-20(26)19-27(35)28(36)32-22-8-12-24(13-9-22)39-4-2/h7-16,18-19H,3-6,17H2,1-2H3,(H,32,36)(H,33,37)(H,34,38). The van der Waals surface area contributed by atoms with Gasteiger partial charge in [-0.05, 0) is 86.1 Å². The number of carbonyl (C=O) groups is 3. The molecule has 1 aromatic heterocycles. The number of amides is 3. The van der Waals surface area contributed by atoms with Gasteiger partial charge in [0.15, 0.2) is 0 Å². The van der Waals surface area contributed by atoms with Crippen molar-refractivity contribution in [3.8, 4) is 11.5 Å². The Morgan fingerprint density at radius 2 is 1.43 bits per heavy atom. The zero-order chi connectivity index (χ0) is 28.5. The smallest absolute Gasteiger partial charge is 0.328 e. The molecular formula is C30H31BrN4O5. The van der Waals surface area contributed by atoms with Crippen molar-refractivity contribution in [2.75, 3.05) is 29.3 Å². The van der Waals surface area contributed by atoms with Gasteiger partial charge in [-0.2, -0.15) is 0 Å². The monoisotopic (exact) mass is 606 g/mol. The first-order valence-corrected chi connectivity index (χ1v) is 13.9. The van der Waals surface area contributed by atoms with E-state index in [-0.39, 0.29) is 5.69 Å². The molecule has 0 aliphatic carbocycles. The highest BCUT2D eigenvalue weighted by Gasteiger charge is 2.21. The second kappa shape index (κ2) is 13.7. The number of carbonyl (C=O) groups excluding carboxylic acids is 3. The summed E-state index contributed by atoms with van der Waals surface area (Å²) >= 11 is 3.43. The van der Waals surface area contributed by atoms with Gasteiger partial charge in [0.1, 0.15) is 17.2 Å². The van der Waals surface area contributed by atoms with Crippen LogP contribution < -0.4 is 25.5 Å². The van der Waals surface area contributed by atoms with Gasteiger partial charge < -0.3 is 20.1 Å². The predicted octanol–water partition coefficient (Wildman–Crippen LogP) is 6.33. The molecule has 0 aliphatic rings. The number of nitrogens with one attached hydrogen (secondary N) is 3. The van der Waals surface area contributed by atoms with E-state index in [4.69, 9.17) is 9.47 Å². The summed E-state index contributed by atoms with van der Waals surface area (Å²) in [5.74, 6) is -0.908. The normalized spacial score (nSPS) is 10.7. The summed E-state index contributed by atoms with van der Waals surface area (Å²) in [6, 6.07) is 20.7.